The number of ether oxygens (including phenoxy) is 2. The Labute approximate surface area is 407 Å². The van der Waals surface area contributed by atoms with Gasteiger partial charge in [-0.2, -0.15) is 0 Å². The Bertz CT molecular complexity index is 2970. The van der Waals surface area contributed by atoms with Gasteiger partial charge in [-0.05, 0) is 22.2 Å². The second-order valence-corrected chi connectivity index (χ2v) is 22.3. The van der Waals surface area contributed by atoms with E-state index in [1.54, 1.807) is 0 Å². The van der Waals surface area contributed by atoms with E-state index in [0.717, 1.165) is 54.1 Å². The van der Waals surface area contributed by atoms with Crippen LogP contribution in [-0.4, -0.2) is 12.2 Å². The Hall–Kier alpha value is -8.08. The lowest BCUT2D eigenvalue weighted by Crippen LogP contribution is -2.19. The van der Waals surface area contributed by atoms with Gasteiger partial charge in [0.1, 0.15) is 23.7 Å². The Morgan fingerprint density at radius 1 is 0.386 bits per heavy atom. The first-order valence-electron chi connectivity index (χ1n) is 23.0. The van der Waals surface area contributed by atoms with Gasteiger partial charge < -0.3 is 18.6 Å². The predicted octanol–water partition coefficient (Wildman–Crippen LogP) is 14.4. The summed E-state index contributed by atoms with van der Waals surface area (Å²) in [6.07, 6.45) is -0.216. The van der Waals surface area contributed by atoms with E-state index in [9.17, 15) is 11.1 Å². The molecule has 0 bridgehead atoms. The van der Waals surface area contributed by atoms with E-state index in [1.165, 1.54) is 0 Å². The Morgan fingerprint density at radius 2 is 0.629 bits per heavy atom. The third-order valence-corrected chi connectivity index (χ3v) is 18.9. The molecule has 0 radical (unpaired) electrons. The standard InChI is InChI=1S/2C29H24N3O2P/c2*30-32-31-28(22-13-5-1-6-14-22)26-21-27(29(34-26)23-15-7-2-8-16-23)35(33,24-17-9-3-10-18-24)25-19-11-4-12-20-25/h2*1-20,26,28H,21H2/t2*26-,28+/m11/s1. The Kier molecular flexibility index (Phi) is 14.7. The van der Waals surface area contributed by atoms with Gasteiger partial charge in [0, 0.05) is 65.6 Å². The number of rotatable bonds is 14. The molecule has 0 N–H and O–H groups in total. The summed E-state index contributed by atoms with van der Waals surface area (Å²) in [4.78, 5) is 6.23. The highest BCUT2D eigenvalue weighted by atomic mass is 31.2. The molecule has 0 aliphatic carbocycles. The monoisotopic (exact) mass is 954 g/mol. The average molecular weight is 955 g/mol. The SMILES string of the molecule is [N-]=[N+]=N[C@@H](c1ccccc1)[C@H]1CC(P(=O)(c2ccccc2)c2ccccc2)=C(c2ccccc2)O1.[N-]=[N+]=N[C@@H](c1ccccc1)[C@H]1CC(P(=O)(c2ccccc2)c2ccccc2)=C(c2ccccc2)O1. The van der Waals surface area contributed by atoms with Crippen LogP contribution in [0, 0.1) is 0 Å². The van der Waals surface area contributed by atoms with Gasteiger partial charge in [-0.1, -0.05) is 253 Å². The van der Waals surface area contributed by atoms with E-state index >= 15 is 9.13 Å². The smallest absolute Gasteiger partial charge is 0.170 e. The Morgan fingerprint density at radius 3 is 0.886 bits per heavy atom. The highest BCUT2D eigenvalue weighted by Crippen LogP contribution is 2.61. The molecule has 0 saturated heterocycles. The minimum absolute atomic E-state index is 0.379. The lowest BCUT2D eigenvalue weighted by Gasteiger charge is -2.22. The molecule has 0 saturated carbocycles. The van der Waals surface area contributed by atoms with E-state index in [4.69, 9.17) is 9.47 Å². The fourth-order valence-electron chi connectivity index (χ4n) is 9.23. The second-order valence-electron chi connectivity index (χ2n) is 16.7. The molecule has 0 spiro atoms. The lowest BCUT2D eigenvalue weighted by atomic mass is 10.0. The van der Waals surface area contributed by atoms with Crippen molar-refractivity contribution in [3.05, 3.63) is 296 Å². The van der Waals surface area contributed by atoms with E-state index < -0.39 is 38.6 Å². The van der Waals surface area contributed by atoms with Gasteiger partial charge in [0.15, 0.2) is 14.3 Å². The normalized spacial score (nSPS) is 16.3. The molecule has 2 heterocycles. The summed E-state index contributed by atoms with van der Waals surface area (Å²) < 4.78 is 43.6. The van der Waals surface area contributed by atoms with Crippen LogP contribution >= 0.6 is 14.3 Å². The summed E-state index contributed by atoms with van der Waals surface area (Å²) in [5.41, 5.74) is 22.1. The van der Waals surface area contributed by atoms with Gasteiger partial charge >= 0.3 is 0 Å². The van der Waals surface area contributed by atoms with Crippen LogP contribution in [0.1, 0.15) is 47.2 Å². The predicted molar refractivity (Wildman–Crippen MR) is 282 cm³/mol. The van der Waals surface area contributed by atoms with Gasteiger partial charge in [-0.3, -0.25) is 0 Å². The Balaban J connectivity index is 0.000000174. The maximum atomic E-state index is 15.2. The van der Waals surface area contributed by atoms with E-state index in [1.807, 2.05) is 243 Å². The quantitative estimate of drug-likeness (QED) is 0.0461. The molecule has 2 aliphatic heterocycles. The number of benzene rings is 8. The van der Waals surface area contributed by atoms with Gasteiger partial charge in [0.2, 0.25) is 0 Å². The zero-order chi connectivity index (χ0) is 48.2. The molecule has 0 unspecified atom stereocenters. The molecule has 4 atom stereocenters. The lowest BCUT2D eigenvalue weighted by molar-refractivity contribution is 0.161. The van der Waals surface area contributed by atoms with Crippen LogP contribution in [0.15, 0.2) is 264 Å². The van der Waals surface area contributed by atoms with Crippen LogP contribution < -0.4 is 21.2 Å². The van der Waals surface area contributed by atoms with Crippen molar-refractivity contribution >= 4 is 47.0 Å². The number of hydrogen-bond donors (Lipinski definition) is 0. The number of nitrogens with zero attached hydrogens (tertiary/aromatic N) is 6. The van der Waals surface area contributed by atoms with Crippen molar-refractivity contribution in [1.82, 2.24) is 0 Å². The zero-order valence-electron chi connectivity index (χ0n) is 38.0. The molecule has 0 aromatic heterocycles. The van der Waals surface area contributed by atoms with E-state index in [0.29, 0.717) is 24.4 Å². The molecular formula is C58H48N6O4P2. The molecule has 8 aromatic carbocycles. The molecular weight excluding hydrogens is 907 g/mol. The van der Waals surface area contributed by atoms with Crippen molar-refractivity contribution < 1.29 is 18.6 Å². The van der Waals surface area contributed by atoms with Crippen LogP contribution in [-0.2, 0) is 18.6 Å². The highest BCUT2D eigenvalue weighted by molar-refractivity contribution is 7.83. The van der Waals surface area contributed by atoms with Crippen LogP contribution in [0.25, 0.3) is 32.4 Å². The van der Waals surface area contributed by atoms with Gasteiger partial charge in [-0.15, -0.1) is 0 Å². The fraction of sp³-hybridized carbons (Fsp3) is 0.103. The number of hydrogen-bond acceptors (Lipinski definition) is 6. The molecule has 10 rings (SSSR count). The van der Waals surface area contributed by atoms with Gasteiger partial charge in [-0.25, -0.2) is 0 Å². The first-order chi connectivity index (χ1) is 34.4. The highest BCUT2D eigenvalue weighted by Gasteiger charge is 2.45. The maximum Gasteiger partial charge on any atom is 0.170 e. The minimum atomic E-state index is -3.26. The number of azide groups is 2. The third-order valence-electron chi connectivity index (χ3n) is 12.5. The summed E-state index contributed by atoms with van der Waals surface area (Å²) in [6, 6.07) is 75.9. The van der Waals surface area contributed by atoms with Crippen LogP contribution in [0.3, 0.4) is 0 Å². The van der Waals surface area contributed by atoms with Crippen molar-refractivity contribution in [3.63, 3.8) is 0 Å². The molecule has 10 nitrogen and oxygen atoms in total. The van der Waals surface area contributed by atoms with Crippen LogP contribution in [0.5, 0.6) is 0 Å². The van der Waals surface area contributed by atoms with Crippen LogP contribution in [0.2, 0.25) is 0 Å². The molecule has 344 valence electrons. The average Bonchev–Trinajstić information content (AvgIpc) is 4.10. The summed E-state index contributed by atoms with van der Waals surface area (Å²) in [5.74, 6) is 1.20. The first-order valence-corrected chi connectivity index (χ1v) is 26.4. The summed E-state index contributed by atoms with van der Waals surface area (Å²) in [6.45, 7) is 0. The van der Waals surface area contributed by atoms with Gasteiger partial charge in [0.25, 0.3) is 0 Å². The molecule has 70 heavy (non-hydrogen) atoms. The topological polar surface area (TPSA) is 150 Å². The molecule has 2 aliphatic rings. The van der Waals surface area contributed by atoms with Crippen molar-refractivity contribution in [2.45, 2.75) is 37.1 Å². The van der Waals surface area contributed by atoms with Crippen molar-refractivity contribution in [3.8, 4) is 0 Å². The van der Waals surface area contributed by atoms with Crippen molar-refractivity contribution in [2.24, 2.45) is 10.2 Å². The fourth-order valence-corrected chi connectivity index (χ4v) is 15.2. The summed E-state index contributed by atoms with van der Waals surface area (Å²) in [5, 5.41) is 12.7. The summed E-state index contributed by atoms with van der Waals surface area (Å²) in [7, 11) is -6.52. The van der Waals surface area contributed by atoms with E-state index in [2.05, 4.69) is 20.1 Å². The minimum Gasteiger partial charge on any atom is -0.488 e. The first kappa shape index (κ1) is 47.0. The van der Waals surface area contributed by atoms with E-state index in [-0.39, 0.29) is 0 Å². The molecule has 0 amide bonds. The van der Waals surface area contributed by atoms with Crippen molar-refractivity contribution in [2.75, 3.05) is 0 Å². The third kappa shape index (κ3) is 9.77. The maximum absolute atomic E-state index is 15.2. The van der Waals surface area contributed by atoms with Crippen molar-refractivity contribution in [1.29, 1.82) is 0 Å². The zero-order valence-corrected chi connectivity index (χ0v) is 39.8. The molecule has 8 aromatic rings. The van der Waals surface area contributed by atoms with Crippen LogP contribution in [0.4, 0.5) is 0 Å². The summed E-state index contributed by atoms with van der Waals surface area (Å²) >= 11 is 0. The largest absolute Gasteiger partial charge is 0.488 e. The van der Waals surface area contributed by atoms with Gasteiger partial charge in [0.05, 0.1) is 12.1 Å². The molecule has 0 fully saturated rings. The molecule has 12 heteroatoms. The second kappa shape index (κ2) is 21.9.